The number of aliphatic carboxylic acids is 1. The van der Waals surface area contributed by atoms with E-state index in [1.54, 1.807) is 12.1 Å². The van der Waals surface area contributed by atoms with Crippen molar-refractivity contribution >= 4 is 29.3 Å². The Morgan fingerprint density at radius 3 is 2.83 bits per heavy atom. The van der Waals surface area contributed by atoms with Gasteiger partial charge in [-0.1, -0.05) is 0 Å². The minimum absolute atomic E-state index is 0.0747. The van der Waals surface area contributed by atoms with E-state index in [2.05, 4.69) is 5.32 Å². The Bertz CT molecular complexity index is 488. The molecule has 1 amide bonds. The van der Waals surface area contributed by atoms with E-state index < -0.39 is 5.97 Å². The maximum Gasteiger partial charge on any atom is 0.328 e. The lowest BCUT2D eigenvalue weighted by Gasteiger charge is -2.11. The molecule has 1 aliphatic carbocycles. The topological polar surface area (TPSA) is 66.4 Å². The van der Waals surface area contributed by atoms with Crippen LogP contribution in [0.3, 0.4) is 0 Å². The Hall–Kier alpha value is -1.62. The first-order chi connectivity index (χ1) is 8.56. The van der Waals surface area contributed by atoms with Crippen molar-refractivity contribution in [3.05, 3.63) is 28.0 Å². The molecule has 1 heterocycles. The number of hydrogen-bond donors (Lipinski definition) is 2. The van der Waals surface area contributed by atoms with E-state index in [0.29, 0.717) is 10.8 Å². The summed E-state index contributed by atoms with van der Waals surface area (Å²) in [5.74, 6) is -0.438. The predicted molar refractivity (Wildman–Crippen MR) is 70.6 cm³/mol. The molecule has 1 fully saturated rings. The zero-order valence-corrected chi connectivity index (χ0v) is 10.9. The highest BCUT2D eigenvalue weighted by atomic mass is 32.1. The highest BCUT2D eigenvalue weighted by Gasteiger charge is 2.29. The molecular weight excluding hydrogens is 250 g/mol. The summed E-state index contributed by atoms with van der Waals surface area (Å²) in [6, 6.07) is 3.69. The van der Waals surface area contributed by atoms with Crippen molar-refractivity contribution in [1.29, 1.82) is 0 Å². The van der Waals surface area contributed by atoms with Crippen molar-refractivity contribution in [3.8, 4) is 0 Å². The van der Waals surface area contributed by atoms with Gasteiger partial charge in [-0.05, 0) is 43.9 Å². The van der Waals surface area contributed by atoms with Gasteiger partial charge in [-0.25, -0.2) is 4.79 Å². The fourth-order valence-corrected chi connectivity index (χ4v) is 2.52. The van der Waals surface area contributed by atoms with E-state index >= 15 is 0 Å². The first-order valence-corrected chi connectivity index (χ1v) is 6.69. The van der Waals surface area contributed by atoms with Gasteiger partial charge in [0.25, 0.3) is 5.91 Å². The first kappa shape index (κ1) is 12.8. The normalized spacial score (nSPS) is 16.7. The molecule has 96 valence electrons. The minimum atomic E-state index is -0.989. The maximum absolute atomic E-state index is 11.9. The molecule has 4 nitrogen and oxygen atoms in total. The number of thiophene rings is 1. The summed E-state index contributed by atoms with van der Waals surface area (Å²) in [5.41, 5.74) is 0. The number of carbonyl (C=O) groups excluding carboxylic acids is 1. The Balaban J connectivity index is 1.96. The van der Waals surface area contributed by atoms with Gasteiger partial charge in [-0.3, -0.25) is 4.79 Å². The van der Waals surface area contributed by atoms with Gasteiger partial charge in [-0.2, -0.15) is 0 Å². The smallest absolute Gasteiger partial charge is 0.328 e. The summed E-state index contributed by atoms with van der Waals surface area (Å²) in [6.45, 7) is 2.02. The third-order valence-corrected chi connectivity index (χ3v) is 3.98. The molecule has 5 heteroatoms. The highest BCUT2D eigenvalue weighted by molar-refractivity contribution is 7.14. The second kappa shape index (κ2) is 5.35. The molecule has 18 heavy (non-hydrogen) atoms. The minimum Gasteiger partial charge on any atom is -0.478 e. The quantitative estimate of drug-likeness (QED) is 0.803. The van der Waals surface area contributed by atoms with E-state index in [4.69, 9.17) is 5.11 Å². The van der Waals surface area contributed by atoms with Crippen LogP contribution in [-0.4, -0.2) is 23.0 Å². The van der Waals surface area contributed by atoms with Crippen LogP contribution in [0.25, 0.3) is 6.08 Å². The average Bonchev–Trinajstić information content (AvgIpc) is 3.05. The lowest BCUT2D eigenvalue weighted by molar-refractivity contribution is -0.131. The van der Waals surface area contributed by atoms with Crippen molar-refractivity contribution < 1.29 is 14.7 Å². The fourth-order valence-electron chi connectivity index (χ4n) is 1.71. The van der Waals surface area contributed by atoms with Crippen LogP contribution in [0.15, 0.2) is 18.2 Å². The van der Waals surface area contributed by atoms with Crippen LogP contribution in [0, 0.1) is 5.92 Å². The van der Waals surface area contributed by atoms with Crippen LogP contribution in [-0.2, 0) is 4.79 Å². The van der Waals surface area contributed by atoms with Crippen molar-refractivity contribution in [1.82, 2.24) is 5.32 Å². The summed E-state index contributed by atoms with van der Waals surface area (Å²) in [4.78, 5) is 23.7. The molecule has 0 radical (unpaired) electrons. The molecule has 1 saturated carbocycles. The van der Waals surface area contributed by atoms with E-state index in [1.807, 2.05) is 6.92 Å². The molecule has 0 bridgehead atoms. The zero-order chi connectivity index (χ0) is 13.1. The van der Waals surface area contributed by atoms with Crippen LogP contribution in [0.4, 0.5) is 0 Å². The molecule has 2 rings (SSSR count). The van der Waals surface area contributed by atoms with Gasteiger partial charge < -0.3 is 10.4 Å². The molecule has 1 aromatic rings. The van der Waals surface area contributed by atoms with Gasteiger partial charge in [0.05, 0.1) is 4.88 Å². The lowest BCUT2D eigenvalue weighted by atomic mass is 10.2. The SMILES string of the molecule is CC(NC(=O)c1ccc(/C=C/C(=O)O)s1)C1CC1. The number of carbonyl (C=O) groups is 2. The second-order valence-electron chi connectivity index (χ2n) is 4.47. The van der Waals surface area contributed by atoms with Crippen molar-refractivity contribution in [2.45, 2.75) is 25.8 Å². The zero-order valence-electron chi connectivity index (χ0n) is 10.1. The number of nitrogens with one attached hydrogen (secondary N) is 1. The number of amides is 1. The van der Waals surface area contributed by atoms with Gasteiger partial charge in [0.1, 0.15) is 0 Å². The first-order valence-electron chi connectivity index (χ1n) is 5.88. The van der Waals surface area contributed by atoms with Crippen LogP contribution >= 0.6 is 11.3 Å². The third kappa shape index (κ3) is 3.43. The average molecular weight is 265 g/mol. The van der Waals surface area contributed by atoms with Crippen LogP contribution in [0.2, 0.25) is 0 Å². The molecule has 1 unspecified atom stereocenters. The molecule has 1 atom stereocenters. The number of rotatable bonds is 5. The van der Waals surface area contributed by atoms with E-state index in [9.17, 15) is 9.59 Å². The molecule has 0 spiro atoms. The maximum atomic E-state index is 11.9. The second-order valence-corrected chi connectivity index (χ2v) is 5.59. The van der Waals surface area contributed by atoms with Gasteiger partial charge in [-0.15, -0.1) is 11.3 Å². The number of hydrogen-bond acceptors (Lipinski definition) is 3. The summed E-state index contributed by atoms with van der Waals surface area (Å²) in [6.07, 6.45) is 4.95. The Labute approximate surface area is 109 Å². The monoisotopic (exact) mass is 265 g/mol. The van der Waals surface area contributed by atoms with E-state index in [0.717, 1.165) is 11.0 Å². The van der Waals surface area contributed by atoms with Crippen molar-refractivity contribution in [3.63, 3.8) is 0 Å². The Morgan fingerprint density at radius 2 is 2.22 bits per heavy atom. The fraction of sp³-hybridized carbons (Fsp3) is 0.385. The van der Waals surface area contributed by atoms with Gasteiger partial charge in [0.15, 0.2) is 0 Å². The molecular formula is C13H15NO3S. The highest BCUT2D eigenvalue weighted by Crippen LogP contribution is 2.32. The molecule has 0 aromatic carbocycles. The summed E-state index contributed by atoms with van der Waals surface area (Å²) in [5, 5.41) is 11.5. The summed E-state index contributed by atoms with van der Waals surface area (Å²) in [7, 11) is 0. The molecule has 0 aliphatic heterocycles. The summed E-state index contributed by atoms with van der Waals surface area (Å²) < 4.78 is 0. The van der Waals surface area contributed by atoms with E-state index in [-0.39, 0.29) is 11.9 Å². The largest absolute Gasteiger partial charge is 0.478 e. The predicted octanol–water partition coefficient (Wildman–Crippen LogP) is 2.37. The number of carboxylic acids is 1. The molecule has 0 saturated heterocycles. The third-order valence-electron chi connectivity index (χ3n) is 2.93. The standard InChI is InChI=1S/C13H15NO3S/c1-8(9-2-3-9)14-13(17)11-6-4-10(18-11)5-7-12(15)16/h4-9H,2-3H2,1H3,(H,14,17)(H,15,16)/b7-5+. The van der Waals surface area contributed by atoms with Gasteiger partial charge >= 0.3 is 5.97 Å². The molecule has 1 aromatic heterocycles. The van der Waals surface area contributed by atoms with Crippen LogP contribution < -0.4 is 5.32 Å². The van der Waals surface area contributed by atoms with E-state index in [1.165, 1.54) is 30.3 Å². The van der Waals surface area contributed by atoms with Crippen LogP contribution in [0.5, 0.6) is 0 Å². The Morgan fingerprint density at radius 1 is 1.50 bits per heavy atom. The van der Waals surface area contributed by atoms with Crippen molar-refractivity contribution in [2.75, 3.05) is 0 Å². The molecule has 2 N–H and O–H groups in total. The lowest BCUT2D eigenvalue weighted by Crippen LogP contribution is -2.33. The van der Waals surface area contributed by atoms with Gasteiger partial charge in [0, 0.05) is 17.0 Å². The number of carboxylic acid groups (broad SMARTS) is 1. The van der Waals surface area contributed by atoms with Crippen molar-refractivity contribution in [2.24, 2.45) is 5.92 Å². The summed E-state index contributed by atoms with van der Waals surface area (Å²) >= 11 is 1.29. The van der Waals surface area contributed by atoms with Crippen LogP contribution in [0.1, 0.15) is 34.3 Å². The van der Waals surface area contributed by atoms with Gasteiger partial charge in [0.2, 0.25) is 0 Å². The Kier molecular flexibility index (Phi) is 3.81. The molecule has 1 aliphatic rings.